The van der Waals surface area contributed by atoms with Gasteiger partial charge in [-0.1, -0.05) is 23.7 Å². The van der Waals surface area contributed by atoms with Gasteiger partial charge in [-0.2, -0.15) is 0 Å². The Balaban J connectivity index is 1.77. The van der Waals surface area contributed by atoms with Gasteiger partial charge in [0.25, 0.3) is 5.91 Å². The molecule has 0 aromatic heterocycles. The third kappa shape index (κ3) is 3.26. The van der Waals surface area contributed by atoms with Crippen molar-refractivity contribution in [1.29, 1.82) is 0 Å². The number of carbonyl (C=O) groups excluding carboxylic acids is 2. The number of likely N-dealkylation sites (N-methyl/N-ethyl adjacent to an activating group) is 1. The summed E-state index contributed by atoms with van der Waals surface area (Å²) in [5.41, 5.74) is -0.140. The summed E-state index contributed by atoms with van der Waals surface area (Å²) in [7, 11) is 3.27. The molecule has 1 atom stereocenters. The van der Waals surface area contributed by atoms with E-state index in [0.717, 1.165) is 13.1 Å². The number of rotatable bonds is 4. The van der Waals surface area contributed by atoms with Gasteiger partial charge < -0.3 is 19.9 Å². The molecule has 1 N–H and O–H groups in total. The zero-order chi connectivity index (χ0) is 18.0. The van der Waals surface area contributed by atoms with Gasteiger partial charge in [-0.3, -0.25) is 9.59 Å². The number of para-hydroxylation sites is 1. The highest BCUT2D eigenvalue weighted by molar-refractivity contribution is 6.34. The lowest BCUT2D eigenvalue weighted by molar-refractivity contribution is -0.160. The number of ether oxygens (including phenoxy) is 1. The highest BCUT2D eigenvalue weighted by atomic mass is 35.5. The maximum atomic E-state index is 13.1. The Labute approximate surface area is 153 Å². The molecule has 0 spiro atoms. The van der Waals surface area contributed by atoms with E-state index in [-0.39, 0.29) is 11.8 Å². The van der Waals surface area contributed by atoms with Crippen LogP contribution in [0.3, 0.4) is 0 Å². The second-order valence-electron chi connectivity index (χ2n) is 6.61. The number of nitrogens with one attached hydrogen (secondary N) is 1. The lowest BCUT2D eigenvalue weighted by Gasteiger charge is -2.39. The molecule has 136 valence electrons. The van der Waals surface area contributed by atoms with E-state index in [4.69, 9.17) is 16.3 Å². The molecule has 1 aromatic rings. The number of hydrogen-bond donors (Lipinski definition) is 1. The number of anilines is 1. The quantitative estimate of drug-likeness (QED) is 0.881. The van der Waals surface area contributed by atoms with Crippen molar-refractivity contribution in [2.45, 2.75) is 30.9 Å². The van der Waals surface area contributed by atoms with Crippen LogP contribution >= 0.6 is 11.6 Å². The monoisotopic (exact) mass is 365 g/mol. The van der Waals surface area contributed by atoms with Crippen molar-refractivity contribution in [2.24, 2.45) is 0 Å². The number of piperidine rings is 1. The Morgan fingerprint density at radius 3 is 2.68 bits per heavy atom. The van der Waals surface area contributed by atoms with Gasteiger partial charge in [0.15, 0.2) is 0 Å². The van der Waals surface area contributed by atoms with E-state index < -0.39 is 11.6 Å². The lowest BCUT2D eigenvalue weighted by Crippen LogP contribution is -2.57. The fraction of sp³-hybridized carbons (Fsp3) is 0.556. The molecule has 0 radical (unpaired) electrons. The van der Waals surface area contributed by atoms with Crippen molar-refractivity contribution in [3.05, 3.63) is 29.3 Å². The third-order valence-corrected chi connectivity index (χ3v) is 5.62. The molecule has 2 aliphatic rings. The zero-order valence-electron chi connectivity index (χ0n) is 14.6. The van der Waals surface area contributed by atoms with Gasteiger partial charge in [-0.05, 0) is 44.5 Å². The normalized spacial score (nSPS) is 22.9. The van der Waals surface area contributed by atoms with Crippen LogP contribution < -0.4 is 10.2 Å². The average molecular weight is 366 g/mol. The first-order valence-electron chi connectivity index (χ1n) is 8.59. The van der Waals surface area contributed by atoms with Crippen molar-refractivity contribution in [1.82, 2.24) is 10.2 Å². The molecule has 0 saturated carbocycles. The summed E-state index contributed by atoms with van der Waals surface area (Å²) in [5.74, 6) is -0.208. The molecule has 2 aliphatic heterocycles. The van der Waals surface area contributed by atoms with E-state index in [2.05, 4.69) is 5.32 Å². The van der Waals surface area contributed by atoms with Gasteiger partial charge in [0.05, 0.1) is 10.7 Å². The Bertz CT molecular complexity index is 661. The minimum Gasteiger partial charge on any atom is -0.368 e. The maximum absolute atomic E-state index is 13.1. The minimum absolute atomic E-state index is 0.0934. The molecular formula is C18H24ClN3O3. The number of hydrogen-bond acceptors (Lipinski definition) is 4. The molecule has 6 nitrogen and oxygen atoms in total. The number of benzene rings is 1. The minimum atomic E-state index is -0.835. The van der Waals surface area contributed by atoms with E-state index in [1.807, 2.05) is 18.2 Å². The molecule has 0 bridgehead atoms. The van der Waals surface area contributed by atoms with Crippen molar-refractivity contribution < 1.29 is 14.3 Å². The van der Waals surface area contributed by atoms with Crippen LogP contribution in [0.25, 0.3) is 0 Å². The van der Waals surface area contributed by atoms with Gasteiger partial charge in [-0.25, -0.2) is 0 Å². The zero-order valence-corrected chi connectivity index (χ0v) is 15.4. The Hall–Kier alpha value is -1.63. The van der Waals surface area contributed by atoms with E-state index in [9.17, 15) is 9.59 Å². The molecule has 2 saturated heterocycles. The molecule has 25 heavy (non-hydrogen) atoms. The first-order chi connectivity index (χ1) is 12.0. The molecule has 1 aromatic carbocycles. The predicted octanol–water partition coefficient (Wildman–Crippen LogP) is 1.67. The summed E-state index contributed by atoms with van der Waals surface area (Å²) in [6, 6.07) is 6.80. The van der Waals surface area contributed by atoms with Crippen molar-refractivity contribution in [3.63, 3.8) is 0 Å². The second-order valence-corrected chi connectivity index (χ2v) is 7.02. The molecule has 7 heteroatoms. The molecular weight excluding hydrogens is 342 g/mol. The van der Waals surface area contributed by atoms with E-state index in [0.29, 0.717) is 36.5 Å². The summed E-state index contributed by atoms with van der Waals surface area (Å²) >= 11 is 6.22. The van der Waals surface area contributed by atoms with Crippen LogP contribution in [0.2, 0.25) is 5.02 Å². The summed E-state index contributed by atoms with van der Waals surface area (Å²) in [5, 5.41) is 3.78. The number of carbonyl (C=O) groups is 2. The van der Waals surface area contributed by atoms with Crippen LogP contribution in [0.4, 0.5) is 5.69 Å². The third-order valence-electron chi connectivity index (χ3n) is 5.30. The van der Waals surface area contributed by atoms with Gasteiger partial charge in [0.2, 0.25) is 5.91 Å². The lowest BCUT2D eigenvalue weighted by atomic mass is 9.90. The first-order valence-corrected chi connectivity index (χ1v) is 8.97. The van der Waals surface area contributed by atoms with E-state index >= 15 is 0 Å². The van der Waals surface area contributed by atoms with Crippen molar-refractivity contribution in [2.75, 3.05) is 38.7 Å². The van der Waals surface area contributed by atoms with Crippen LogP contribution in [-0.4, -0.2) is 62.1 Å². The van der Waals surface area contributed by atoms with Crippen LogP contribution in [0, 0.1) is 0 Å². The standard InChI is InChI=1S/C18H24ClN3O3/c1-21(17(24)18(25-2)8-10-20-11-9-18)15-7-12-22(16(15)23)14-6-4-3-5-13(14)19/h3-6,15,20H,7-12H2,1-2H3. The van der Waals surface area contributed by atoms with Gasteiger partial charge in [0, 0.05) is 20.7 Å². The first kappa shape index (κ1) is 18.2. The topological polar surface area (TPSA) is 61.9 Å². The Kier molecular flexibility index (Phi) is 5.32. The number of methoxy groups -OCH3 is 1. The second kappa shape index (κ2) is 7.32. The summed E-state index contributed by atoms with van der Waals surface area (Å²) in [4.78, 5) is 29.2. The molecule has 2 amide bonds. The van der Waals surface area contributed by atoms with Crippen molar-refractivity contribution >= 4 is 29.1 Å². The Morgan fingerprint density at radius 1 is 1.36 bits per heavy atom. The molecule has 2 fully saturated rings. The largest absolute Gasteiger partial charge is 0.368 e. The van der Waals surface area contributed by atoms with Crippen LogP contribution in [0.15, 0.2) is 24.3 Å². The number of nitrogens with zero attached hydrogens (tertiary/aromatic N) is 2. The number of halogens is 1. The Morgan fingerprint density at radius 2 is 2.04 bits per heavy atom. The van der Waals surface area contributed by atoms with Crippen LogP contribution in [0.5, 0.6) is 0 Å². The fourth-order valence-electron chi connectivity index (χ4n) is 3.73. The van der Waals surface area contributed by atoms with Gasteiger partial charge in [-0.15, -0.1) is 0 Å². The summed E-state index contributed by atoms with van der Waals surface area (Å²) in [6.45, 7) is 2.02. The van der Waals surface area contributed by atoms with Crippen LogP contribution in [0.1, 0.15) is 19.3 Å². The van der Waals surface area contributed by atoms with Crippen LogP contribution in [-0.2, 0) is 14.3 Å². The maximum Gasteiger partial charge on any atom is 0.255 e. The highest BCUT2D eigenvalue weighted by Gasteiger charge is 2.46. The van der Waals surface area contributed by atoms with Gasteiger partial charge in [0.1, 0.15) is 11.6 Å². The summed E-state index contributed by atoms with van der Waals surface area (Å²) < 4.78 is 5.61. The molecule has 3 rings (SSSR count). The predicted molar refractivity (Wildman–Crippen MR) is 96.8 cm³/mol. The molecule has 1 unspecified atom stereocenters. The van der Waals surface area contributed by atoms with Crippen molar-refractivity contribution in [3.8, 4) is 0 Å². The molecule has 0 aliphatic carbocycles. The molecule has 2 heterocycles. The number of amides is 2. The average Bonchev–Trinajstić information content (AvgIpc) is 3.02. The smallest absolute Gasteiger partial charge is 0.255 e. The highest BCUT2D eigenvalue weighted by Crippen LogP contribution is 2.32. The SMILES string of the molecule is COC1(C(=O)N(C)C2CCN(c3ccccc3Cl)C2=O)CCNCC1. The summed E-state index contributed by atoms with van der Waals surface area (Å²) in [6.07, 6.45) is 1.81. The van der Waals surface area contributed by atoms with E-state index in [1.54, 1.807) is 30.0 Å². The fourth-order valence-corrected chi connectivity index (χ4v) is 3.97. The van der Waals surface area contributed by atoms with Gasteiger partial charge >= 0.3 is 0 Å². The van der Waals surface area contributed by atoms with E-state index in [1.165, 1.54) is 0 Å².